The largest absolute Gasteiger partial charge is 0.504 e. The number of rotatable bonds is 7. The van der Waals surface area contributed by atoms with Crippen LogP contribution in [0, 0.1) is 0 Å². The van der Waals surface area contributed by atoms with Gasteiger partial charge in [-0.1, -0.05) is 12.1 Å². The van der Waals surface area contributed by atoms with Gasteiger partial charge in [0, 0.05) is 25.0 Å². The zero-order chi connectivity index (χ0) is 27.3. The van der Waals surface area contributed by atoms with Gasteiger partial charge in [0.15, 0.2) is 34.7 Å². The monoisotopic (exact) mass is 516 g/mol. The fourth-order valence-electron chi connectivity index (χ4n) is 3.66. The molecule has 0 aromatic heterocycles. The molecule has 0 aliphatic heterocycles. The van der Waals surface area contributed by atoms with Crippen LogP contribution in [0.25, 0.3) is 12.2 Å². The minimum Gasteiger partial charge on any atom is -0.504 e. The number of ether oxygens (including phenoxy) is 2. The second-order valence-electron chi connectivity index (χ2n) is 8.35. The number of carboxylic acids is 1. The second-order valence-corrected chi connectivity index (χ2v) is 8.35. The Bertz CT molecular complexity index is 1250. The van der Waals surface area contributed by atoms with E-state index in [0.29, 0.717) is 11.1 Å². The third kappa shape index (κ3) is 6.78. The zero-order valence-electron chi connectivity index (χ0n) is 19.1. The van der Waals surface area contributed by atoms with Crippen molar-refractivity contribution in [2.24, 2.45) is 0 Å². The van der Waals surface area contributed by atoms with Crippen LogP contribution in [0.3, 0.4) is 0 Å². The molecule has 0 spiro atoms. The van der Waals surface area contributed by atoms with Crippen LogP contribution in [-0.4, -0.2) is 77.6 Å². The number of carbonyl (C=O) groups excluding carboxylic acids is 2. The van der Waals surface area contributed by atoms with Crippen molar-refractivity contribution < 1.29 is 59.6 Å². The molecule has 1 fully saturated rings. The molecule has 4 atom stereocenters. The zero-order valence-corrected chi connectivity index (χ0v) is 19.1. The van der Waals surface area contributed by atoms with Crippen LogP contribution < -0.4 is 0 Å². The van der Waals surface area contributed by atoms with Gasteiger partial charge in [-0.05, 0) is 47.5 Å². The van der Waals surface area contributed by atoms with Crippen molar-refractivity contribution in [3.05, 3.63) is 59.7 Å². The fraction of sp³-hybridized carbons (Fsp3) is 0.240. The van der Waals surface area contributed by atoms with Crippen LogP contribution in [-0.2, 0) is 23.9 Å². The summed E-state index contributed by atoms with van der Waals surface area (Å²) in [7, 11) is 0. The van der Waals surface area contributed by atoms with E-state index in [2.05, 4.69) is 0 Å². The molecule has 0 bridgehead atoms. The minimum atomic E-state index is -2.46. The summed E-state index contributed by atoms with van der Waals surface area (Å²) in [5.74, 6) is -5.29. The molecule has 12 nitrogen and oxygen atoms in total. The highest BCUT2D eigenvalue weighted by atomic mass is 16.6. The number of aliphatic hydroxyl groups is 2. The van der Waals surface area contributed by atoms with Gasteiger partial charge >= 0.3 is 17.9 Å². The average Bonchev–Trinajstić information content (AvgIpc) is 2.82. The third-order valence-corrected chi connectivity index (χ3v) is 5.57. The van der Waals surface area contributed by atoms with E-state index in [4.69, 9.17) is 9.47 Å². The summed E-state index contributed by atoms with van der Waals surface area (Å²) < 4.78 is 10.4. The number of hydrogen-bond acceptors (Lipinski definition) is 11. The van der Waals surface area contributed by atoms with E-state index < -0.39 is 66.2 Å². The number of aliphatic hydroxyl groups excluding tert-OH is 1. The molecule has 12 heteroatoms. The van der Waals surface area contributed by atoms with Gasteiger partial charge in [-0.2, -0.15) is 0 Å². The molecule has 1 aliphatic rings. The van der Waals surface area contributed by atoms with Crippen LogP contribution >= 0.6 is 0 Å². The van der Waals surface area contributed by atoms with Crippen LogP contribution in [0.4, 0.5) is 0 Å². The molecule has 7 N–H and O–H groups in total. The van der Waals surface area contributed by atoms with Crippen molar-refractivity contribution in [3.8, 4) is 23.0 Å². The molecule has 1 aliphatic carbocycles. The maximum Gasteiger partial charge on any atom is 0.335 e. The molecule has 1 saturated carbocycles. The molecule has 0 saturated heterocycles. The first-order valence-electron chi connectivity index (χ1n) is 10.8. The Morgan fingerprint density at radius 1 is 0.784 bits per heavy atom. The lowest BCUT2D eigenvalue weighted by Crippen LogP contribution is -2.58. The molecule has 2 aromatic carbocycles. The number of aromatic hydroxyl groups is 4. The third-order valence-electron chi connectivity index (χ3n) is 5.57. The Morgan fingerprint density at radius 3 is 1.73 bits per heavy atom. The summed E-state index contributed by atoms with van der Waals surface area (Å²) in [6, 6.07) is 7.50. The normalized spacial score (nSPS) is 23.7. The number of carboxylic acid groups (broad SMARTS) is 1. The average molecular weight is 516 g/mol. The lowest BCUT2D eigenvalue weighted by molar-refractivity contribution is -0.204. The fourth-order valence-corrected chi connectivity index (χ4v) is 3.66. The first kappa shape index (κ1) is 27.0. The molecule has 0 radical (unpaired) electrons. The number of aliphatic carboxylic acids is 1. The van der Waals surface area contributed by atoms with Crippen molar-refractivity contribution in [1.82, 2.24) is 0 Å². The van der Waals surface area contributed by atoms with E-state index >= 15 is 0 Å². The lowest BCUT2D eigenvalue weighted by atomic mass is 9.79. The number of carbonyl (C=O) groups is 3. The Kier molecular flexibility index (Phi) is 8.05. The molecule has 0 unspecified atom stereocenters. The van der Waals surface area contributed by atoms with Gasteiger partial charge in [-0.25, -0.2) is 14.4 Å². The molecule has 2 aromatic rings. The molecule has 0 heterocycles. The minimum absolute atomic E-state index is 0.311. The van der Waals surface area contributed by atoms with E-state index in [9.17, 15) is 50.1 Å². The van der Waals surface area contributed by atoms with Gasteiger partial charge in [0.1, 0.15) is 6.10 Å². The summed E-state index contributed by atoms with van der Waals surface area (Å²) in [6.07, 6.45) is -1.86. The maximum atomic E-state index is 12.4. The van der Waals surface area contributed by atoms with E-state index in [1.54, 1.807) is 0 Å². The molecular weight excluding hydrogens is 492 g/mol. The first-order valence-corrected chi connectivity index (χ1v) is 10.8. The number of esters is 2. The van der Waals surface area contributed by atoms with E-state index in [1.807, 2.05) is 0 Å². The van der Waals surface area contributed by atoms with Crippen LogP contribution in [0.5, 0.6) is 23.0 Å². The number of benzene rings is 2. The topological polar surface area (TPSA) is 211 Å². The van der Waals surface area contributed by atoms with Gasteiger partial charge in [-0.3, -0.25) is 0 Å². The lowest BCUT2D eigenvalue weighted by Gasteiger charge is -2.40. The van der Waals surface area contributed by atoms with Crippen molar-refractivity contribution in [1.29, 1.82) is 0 Å². The Labute approximate surface area is 209 Å². The standard InChI is InChI=1S/C25H24O12/c26-15-5-1-13(9-17(15)28)3-7-21(31)36-20-12-25(35,24(33)34)11-19(30)23(20)37-22(32)8-4-14-2-6-16(27)18(29)10-14/h1-10,19-20,23,26-30,35H,11-12H2,(H,33,34)/b7-3+,8-4+/t19-,20-,23+,25-/m0/s1. The highest BCUT2D eigenvalue weighted by Gasteiger charge is 2.52. The second kappa shape index (κ2) is 11.0. The van der Waals surface area contributed by atoms with Crippen molar-refractivity contribution in [2.45, 2.75) is 36.8 Å². The Hall–Kier alpha value is -4.55. The van der Waals surface area contributed by atoms with Crippen molar-refractivity contribution in [2.75, 3.05) is 0 Å². The van der Waals surface area contributed by atoms with Gasteiger partial charge < -0.3 is 45.2 Å². The Morgan fingerprint density at radius 2 is 1.27 bits per heavy atom. The quantitative estimate of drug-likeness (QED) is 0.156. The SMILES string of the molecule is O=C(/C=C/c1ccc(O)c(O)c1)O[C@H]1[C@@H](OC(=O)/C=C/c2ccc(O)c(O)c2)C[C@](O)(C(=O)O)C[C@@H]1O. The summed E-state index contributed by atoms with van der Waals surface area (Å²) in [4.78, 5) is 36.3. The molecule has 3 rings (SSSR count). The molecule has 196 valence electrons. The molecule has 37 heavy (non-hydrogen) atoms. The number of phenols is 4. The summed E-state index contributed by atoms with van der Waals surface area (Å²) in [5, 5.41) is 68.0. The Balaban J connectivity index is 1.75. The highest BCUT2D eigenvalue weighted by molar-refractivity contribution is 5.88. The van der Waals surface area contributed by atoms with Crippen LogP contribution in [0.1, 0.15) is 24.0 Å². The predicted octanol–water partition coefficient (Wildman–Crippen LogP) is 1.03. The van der Waals surface area contributed by atoms with Gasteiger partial charge in [-0.15, -0.1) is 0 Å². The summed E-state index contributed by atoms with van der Waals surface area (Å²) in [5.41, 5.74) is -1.82. The predicted molar refractivity (Wildman–Crippen MR) is 125 cm³/mol. The summed E-state index contributed by atoms with van der Waals surface area (Å²) >= 11 is 0. The molecule has 0 amide bonds. The smallest absolute Gasteiger partial charge is 0.335 e. The van der Waals surface area contributed by atoms with Crippen molar-refractivity contribution >= 4 is 30.1 Å². The van der Waals surface area contributed by atoms with E-state index in [1.165, 1.54) is 42.5 Å². The van der Waals surface area contributed by atoms with Crippen LogP contribution in [0.2, 0.25) is 0 Å². The molecular formula is C25H24O12. The maximum absolute atomic E-state index is 12.4. The number of hydrogen-bond donors (Lipinski definition) is 7. The van der Waals surface area contributed by atoms with Crippen molar-refractivity contribution in [3.63, 3.8) is 0 Å². The van der Waals surface area contributed by atoms with Crippen LogP contribution in [0.15, 0.2) is 48.6 Å². The van der Waals surface area contributed by atoms with Gasteiger partial charge in [0.05, 0.1) is 6.10 Å². The highest BCUT2D eigenvalue weighted by Crippen LogP contribution is 2.33. The number of phenolic OH excluding ortho intramolecular Hbond substituents is 4. The van der Waals surface area contributed by atoms with Gasteiger partial charge in [0.2, 0.25) is 0 Å². The van der Waals surface area contributed by atoms with E-state index in [-0.39, 0.29) is 11.5 Å². The van der Waals surface area contributed by atoms with E-state index in [0.717, 1.165) is 18.2 Å². The van der Waals surface area contributed by atoms with Gasteiger partial charge in [0.25, 0.3) is 0 Å². The summed E-state index contributed by atoms with van der Waals surface area (Å²) in [6.45, 7) is 0. The first-order chi connectivity index (χ1) is 17.4.